The summed E-state index contributed by atoms with van der Waals surface area (Å²) in [7, 11) is 0. The van der Waals surface area contributed by atoms with Crippen molar-refractivity contribution in [3.05, 3.63) is 47.7 Å². The molecule has 2 aromatic rings. The summed E-state index contributed by atoms with van der Waals surface area (Å²) in [5.74, 6) is -0.865. The first-order valence-corrected chi connectivity index (χ1v) is 8.25. The van der Waals surface area contributed by atoms with Crippen LogP contribution in [0.25, 0.3) is 0 Å². The number of aromatic carboxylic acids is 1. The molecule has 0 bridgehead atoms. The lowest BCUT2D eigenvalue weighted by molar-refractivity contribution is 0.0696. The molecular weight excluding hydrogens is 336 g/mol. The van der Waals surface area contributed by atoms with Crippen molar-refractivity contribution in [2.24, 2.45) is 0 Å². The van der Waals surface area contributed by atoms with Gasteiger partial charge in [-0.05, 0) is 52.0 Å². The maximum atomic E-state index is 12.5. The van der Waals surface area contributed by atoms with Crippen LogP contribution < -0.4 is 14.8 Å². The number of nitrogens with one attached hydrogen (secondary N) is 1. The van der Waals surface area contributed by atoms with Crippen molar-refractivity contribution in [2.45, 2.75) is 39.9 Å². The van der Waals surface area contributed by atoms with E-state index in [2.05, 4.69) is 10.3 Å². The van der Waals surface area contributed by atoms with Gasteiger partial charge in [-0.3, -0.25) is 4.79 Å². The number of carboxylic acid groups (broad SMARTS) is 1. The van der Waals surface area contributed by atoms with Crippen LogP contribution >= 0.6 is 0 Å². The van der Waals surface area contributed by atoms with E-state index in [1.54, 1.807) is 18.2 Å². The molecule has 0 unspecified atom stereocenters. The van der Waals surface area contributed by atoms with E-state index in [9.17, 15) is 14.7 Å². The molecule has 0 aliphatic rings. The van der Waals surface area contributed by atoms with E-state index < -0.39 is 11.9 Å². The van der Waals surface area contributed by atoms with Crippen molar-refractivity contribution in [1.29, 1.82) is 0 Å². The summed E-state index contributed by atoms with van der Waals surface area (Å²) < 4.78 is 11.1. The normalized spacial score (nSPS) is 10.7. The fourth-order valence-electron chi connectivity index (χ4n) is 2.15. The number of benzene rings is 1. The van der Waals surface area contributed by atoms with Crippen LogP contribution in [0.1, 0.15) is 48.5 Å². The van der Waals surface area contributed by atoms with E-state index in [-0.39, 0.29) is 29.2 Å². The fraction of sp³-hybridized carbons (Fsp3) is 0.316. The summed E-state index contributed by atoms with van der Waals surface area (Å²) in [5.41, 5.74) is 0.459. The molecule has 138 valence electrons. The number of carboxylic acids is 1. The van der Waals surface area contributed by atoms with E-state index in [1.807, 2.05) is 27.7 Å². The van der Waals surface area contributed by atoms with Gasteiger partial charge in [0, 0.05) is 6.07 Å². The zero-order chi connectivity index (χ0) is 19.3. The van der Waals surface area contributed by atoms with Crippen LogP contribution in [0.15, 0.2) is 36.4 Å². The summed E-state index contributed by atoms with van der Waals surface area (Å²) in [5, 5.41) is 11.8. The van der Waals surface area contributed by atoms with Crippen LogP contribution in [0.2, 0.25) is 0 Å². The highest BCUT2D eigenvalue weighted by Gasteiger charge is 2.16. The lowest BCUT2D eigenvalue weighted by atomic mass is 10.1. The first-order chi connectivity index (χ1) is 12.3. The Bertz CT molecular complexity index is 802. The summed E-state index contributed by atoms with van der Waals surface area (Å²) in [6.45, 7) is 7.40. The van der Waals surface area contributed by atoms with E-state index in [0.29, 0.717) is 11.6 Å². The highest BCUT2D eigenvalue weighted by atomic mass is 16.5. The van der Waals surface area contributed by atoms with Crippen molar-refractivity contribution < 1.29 is 24.2 Å². The van der Waals surface area contributed by atoms with E-state index in [1.165, 1.54) is 18.2 Å². The van der Waals surface area contributed by atoms with Crippen molar-refractivity contribution in [3.63, 3.8) is 0 Å². The zero-order valence-corrected chi connectivity index (χ0v) is 15.1. The topological polar surface area (TPSA) is 97.8 Å². The van der Waals surface area contributed by atoms with Crippen LogP contribution in [-0.4, -0.2) is 34.2 Å². The molecule has 0 fully saturated rings. The third kappa shape index (κ3) is 5.20. The molecule has 2 N–H and O–H groups in total. The van der Waals surface area contributed by atoms with Gasteiger partial charge in [0.05, 0.1) is 23.5 Å². The lowest BCUT2D eigenvalue weighted by Crippen LogP contribution is -2.17. The molecule has 0 aliphatic carbocycles. The molecule has 1 heterocycles. The molecule has 1 amide bonds. The highest BCUT2D eigenvalue weighted by molar-refractivity contribution is 6.04. The van der Waals surface area contributed by atoms with Crippen LogP contribution in [0, 0.1) is 0 Å². The molecular formula is C19H22N2O5. The lowest BCUT2D eigenvalue weighted by Gasteiger charge is -2.16. The number of pyridine rings is 1. The van der Waals surface area contributed by atoms with Crippen LogP contribution in [0.3, 0.4) is 0 Å². The number of carbonyl (C=O) groups is 2. The van der Waals surface area contributed by atoms with Crippen molar-refractivity contribution in [1.82, 2.24) is 4.98 Å². The van der Waals surface area contributed by atoms with Gasteiger partial charge in [0.25, 0.3) is 5.91 Å². The van der Waals surface area contributed by atoms with Gasteiger partial charge >= 0.3 is 5.97 Å². The van der Waals surface area contributed by atoms with Gasteiger partial charge < -0.3 is 19.9 Å². The molecule has 1 aromatic heterocycles. The molecule has 0 spiro atoms. The predicted octanol–water partition coefficient (Wildman–Crippen LogP) is 3.61. The Kier molecular flexibility index (Phi) is 6.16. The summed E-state index contributed by atoms with van der Waals surface area (Å²) in [6.07, 6.45) is -0.207. The molecule has 7 nitrogen and oxygen atoms in total. The largest absolute Gasteiger partial charge is 0.489 e. The third-order valence-electron chi connectivity index (χ3n) is 3.15. The zero-order valence-electron chi connectivity index (χ0n) is 15.1. The molecule has 0 atom stereocenters. The number of amides is 1. The Morgan fingerprint density at radius 3 is 2.35 bits per heavy atom. The van der Waals surface area contributed by atoms with E-state index in [4.69, 9.17) is 9.47 Å². The van der Waals surface area contributed by atoms with Gasteiger partial charge in [0.2, 0.25) is 5.88 Å². The third-order valence-corrected chi connectivity index (χ3v) is 3.15. The Hall–Kier alpha value is -3.09. The monoisotopic (exact) mass is 358 g/mol. The van der Waals surface area contributed by atoms with E-state index >= 15 is 0 Å². The van der Waals surface area contributed by atoms with Crippen LogP contribution in [0.4, 0.5) is 5.69 Å². The van der Waals surface area contributed by atoms with Gasteiger partial charge in [-0.15, -0.1) is 0 Å². The minimum absolute atomic E-state index is 0.0428. The number of ether oxygens (including phenoxy) is 2. The number of carbonyl (C=O) groups excluding carboxylic acids is 1. The summed E-state index contributed by atoms with van der Waals surface area (Å²) in [6, 6.07) is 9.17. The molecule has 26 heavy (non-hydrogen) atoms. The summed E-state index contributed by atoms with van der Waals surface area (Å²) in [4.78, 5) is 27.9. The molecule has 0 saturated heterocycles. The highest BCUT2D eigenvalue weighted by Crippen LogP contribution is 2.27. The van der Waals surface area contributed by atoms with Crippen LogP contribution in [-0.2, 0) is 0 Å². The molecule has 0 saturated carbocycles. The second kappa shape index (κ2) is 8.33. The minimum Gasteiger partial charge on any atom is -0.489 e. The fourth-order valence-corrected chi connectivity index (χ4v) is 2.15. The Morgan fingerprint density at radius 1 is 1.04 bits per heavy atom. The Morgan fingerprint density at radius 2 is 1.73 bits per heavy atom. The predicted molar refractivity (Wildman–Crippen MR) is 97.1 cm³/mol. The number of rotatable bonds is 7. The van der Waals surface area contributed by atoms with Gasteiger partial charge in [-0.1, -0.05) is 6.07 Å². The first kappa shape index (κ1) is 19.2. The SMILES string of the molecule is CC(C)Oc1cccc(C(=O)Nc2cc(C(=O)O)ccc2OC(C)C)n1. The standard InChI is InChI=1S/C19H22N2O5/c1-11(2)25-16-9-8-13(19(23)24)10-15(16)21-18(22)14-6-5-7-17(20-14)26-12(3)4/h5-12H,1-4H3,(H,21,22)(H,23,24). The second-order valence-electron chi connectivity index (χ2n) is 6.16. The quantitative estimate of drug-likeness (QED) is 0.785. The second-order valence-corrected chi connectivity index (χ2v) is 6.16. The smallest absolute Gasteiger partial charge is 0.335 e. The number of hydrogen-bond acceptors (Lipinski definition) is 5. The molecule has 2 rings (SSSR count). The summed E-state index contributed by atoms with van der Waals surface area (Å²) >= 11 is 0. The maximum Gasteiger partial charge on any atom is 0.335 e. The number of hydrogen-bond donors (Lipinski definition) is 2. The van der Waals surface area contributed by atoms with Gasteiger partial charge in [-0.2, -0.15) is 0 Å². The van der Waals surface area contributed by atoms with E-state index in [0.717, 1.165) is 0 Å². The minimum atomic E-state index is -1.10. The molecule has 0 radical (unpaired) electrons. The Balaban J connectivity index is 2.29. The number of anilines is 1. The van der Waals surface area contributed by atoms with Crippen LogP contribution in [0.5, 0.6) is 11.6 Å². The maximum absolute atomic E-state index is 12.5. The number of nitrogens with zero attached hydrogens (tertiary/aromatic N) is 1. The first-order valence-electron chi connectivity index (χ1n) is 8.25. The van der Waals surface area contributed by atoms with Gasteiger partial charge in [-0.25, -0.2) is 9.78 Å². The molecule has 1 aromatic carbocycles. The average Bonchev–Trinajstić information content (AvgIpc) is 2.55. The molecule has 0 aliphatic heterocycles. The van der Waals surface area contributed by atoms with Gasteiger partial charge in [0.15, 0.2) is 0 Å². The Labute approximate surface area is 152 Å². The average molecular weight is 358 g/mol. The molecule has 7 heteroatoms. The number of aromatic nitrogens is 1. The van der Waals surface area contributed by atoms with Crippen molar-refractivity contribution in [3.8, 4) is 11.6 Å². The van der Waals surface area contributed by atoms with Crippen molar-refractivity contribution in [2.75, 3.05) is 5.32 Å². The van der Waals surface area contributed by atoms with Crippen molar-refractivity contribution >= 4 is 17.6 Å². The van der Waals surface area contributed by atoms with Gasteiger partial charge in [0.1, 0.15) is 11.4 Å².